The topological polar surface area (TPSA) is 41.1 Å². The van der Waals surface area contributed by atoms with Crippen molar-refractivity contribution in [2.24, 2.45) is 11.8 Å². The maximum atomic E-state index is 11.8. The first-order valence-electron chi connectivity index (χ1n) is 7.70. The number of benzene rings is 1. The lowest BCUT2D eigenvalue weighted by atomic mass is 9.83. The van der Waals surface area contributed by atoms with Gasteiger partial charge in [0.05, 0.1) is 6.54 Å². The number of hydrogen-bond acceptors (Lipinski definition) is 2. The SMILES string of the molecule is Cc1ccc(NC(=O)CNCC2CCC(C)CC2)cc1. The van der Waals surface area contributed by atoms with Gasteiger partial charge in [0, 0.05) is 5.69 Å². The number of anilines is 1. The number of carbonyl (C=O) groups excluding carboxylic acids is 1. The molecule has 1 saturated carbocycles. The van der Waals surface area contributed by atoms with Crippen LogP contribution in [0.1, 0.15) is 38.2 Å². The van der Waals surface area contributed by atoms with Crippen LogP contribution in [-0.2, 0) is 4.79 Å². The van der Waals surface area contributed by atoms with Gasteiger partial charge in [-0.2, -0.15) is 0 Å². The Kier molecular flexibility index (Phi) is 5.60. The number of nitrogens with one attached hydrogen (secondary N) is 2. The van der Waals surface area contributed by atoms with Crippen molar-refractivity contribution in [2.45, 2.75) is 39.5 Å². The fourth-order valence-corrected chi connectivity index (χ4v) is 2.77. The van der Waals surface area contributed by atoms with E-state index in [1.165, 1.54) is 31.2 Å². The van der Waals surface area contributed by atoms with Crippen LogP contribution in [0.5, 0.6) is 0 Å². The first-order chi connectivity index (χ1) is 9.63. The molecule has 1 aromatic rings. The molecule has 1 amide bonds. The molecule has 20 heavy (non-hydrogen) atoms. The van der Waals surface area contributed by atoms with Crippen molar-refractivity contribution >= 4 is 11.6 Å². The van der Waals surface area contributed by atoms with E-state index in [1.54, 1.807) is 0 Å². The monoisotopic (exact) mass is 274 g/mol. The minimum atomic E-state index is 0.0398. The second-order valence-corrected chi connectivity index (χ2v) is 6.17. The Morgan fingerprint density at radius 2 is 1.80 bits per heavy atom. The number of aryl methyl sites for hydroxylation is 1. The minimum absolute atomic E-state index is 0.0398. The molecule has 0 saturated heterocycles. The molecule has 0 bridgehead atoms. The molecular formula is C17H26N2O. The van der Waals surface area contributed by atoms with E-state index in [9.17, 15) is 4.79 Å². The molecule has 2 rings (SSSR count). The molecule has 2 N–H and O–H groups in total. The van der Waals surface area contributed by atoms with Gasteiger partial charge in [0.25, 0.3) is 0 Å². The quantitative estimate of drug-likeness (QED) is 0.864. The number of hydrogen-bond donors (Lipinski definition) is 2. The van der Waals surface area contributed by atoms with Gasteiger partial charge in [-0.1, -0.05) is 37.5 Å². The molecule has 1 aromatic carbocycles. The average molecular weight is 274 g/mol. The Bertz CT molecular complexity index is 419. The summed E-state index contributed by atoms with van der Waals surface area (Å²) in [5.41, 5.74) is 2.07. The molecule has 0 radical (unpaired) electrons. The van der Waals surface area contributed by atoms with Crippen LogP contribution in [0.15, 0.2) is 24.3 Å². The van der Waals surface area contributed by atoms with E-state index >= 15 is 0 Å². The highest BCUT2D eigenvalue weighted by molar-refractivity contribution is 5.92. The van der Waals surface area contributed by atoms with E-state index in [-0.39, 0.29) is 5.91 Å². The maximum absolute atomic E-state index is 11.8. The summed E-state index contributed by atoms with van der Waals surface area (Å²) in [5, 5.41) is 6.20. The molecule has 0 aromatic heterocycles. The van der Waals surface area contributed by atoms with Crippen LogP contribution in [0.2, 0.25) is 0 Å². The van der Waals surface area contributed by atoms with Gasteiger partial charge in [-0.3, -0.25) is 4.79 Å². The molecule has 3 heteroatoms. The minimum Gasteiger partial charge on any atom is -0.325 e. The molecule has 0 aliphatic heterocycles. The Morgan fingerprint density at radius 3 is 2.45 bits per heavy atom. The van der Waals surface area contributed by atoms with Crippen LogP contribution in [0.25, 0.3) is 0 Å². The zero-order valence-corrected chi connectivity index (χ0v) is 12.6. The van der Waals surface area contributed by atoms with E-state index in [0.717, 1.165) is 24.1 Å². The van der Waals surface area contributed by atoms with Crippen molar-refractivity contribution in [3.05, 3.63) is 29.8 Å². The van der Waals surface area contributed by atoms with Gasteiger partial charge in [0.1, 0.15) is 0 Å². The van der Waals surface area contributed by atoms with Crippen LogP contribution >= 0.6 is 0 Å². The van der Waals surface area contributed by atoms with Crippen LogP contribution in [0, 0.1) is 18.8 Å². The third kappa shape index (κ3) is 4.97. The molecule has 1 fully saturated rings. The normalized spacial score (nSPS) is 22.5. The number of carbonyl (C=O) groups is 1. The van der Waals surface area contributed by atoms with Crippen LogP contribution in [0.3, 0.4) is 0 Å². The summed E-state index contributed by atoms with van der Waals surface area (Å²) in [5.74, 6) is 1.67. The maximum Gasteiger partial charge on any atom is 0.238 e. The molecule has 0 atom stereocenters. The number of rotatable bonds is 5. The average Bonchev–Trinajstić information content (AvgIpc) is 2.44. The predicted octanol–water partition coefficient (Wildman–Crippen LogP) is 3.35. The highest BCUT2D eigenvalue weighted by Gasteiger charge is 2.17. The molecular weight excluding hydrogens is 248 g/mol. The van der Waals surface area contributed by atoms with Gasteiger partial charge in [-0.05, 0) is 50.3 Å². The Balaban J connectivity index is 1.64. The van der Waals surface area contributed by atoms with Gasteiger partial charge < -0.3 is 10.6 Å². The van der Waals surface area contributed by atoms with Gasteiger partial charge in [-0.15, -0.1) is 0 Å². The van der Waals surface area contributed by atoms with Gasteiger partial charge in [0.15, 0.2) is 0 Å². The summed E-state index contributed by atoms with van der Waals surface area (Å²) < 4.78 is 0. The predicted molar refractivity (Wildman–Crippen MR) is 83.8 cm³/mol. The van der Waals surface area contributed by atoms with E-state index in [1.807, 2.05) is 31.2 Å². The van der Waals surface area contributed by atoms with E-state index < -0.39 is 0 Å². The summed E-state index contributed by atoms with van der Waals surface area (Å²) in [4.78, 5) is 11.8. The largest absolute Gasteiger partial charge is 0.325 e. The third-order valence-electron chi connectivity index (χ3n) is 4.19. The highest BCUT2D eigenvalue weighted by Crippen LogP contribution is 2.27. The van der Waals surface area contributed by atoms with Crippen molar-refractivity contribution in [3.63, 3.8) is 0 Å². The van der Waals surface area contributed by atoms with Crippen molar-refractivity contribution in [2.75, 3.05) is 18.4 Å². The highest BCUT2D eigenvalue weighted by atomic mass is 16.1. The lowest BCUT2D eigenvalue weighted by molar-refractivity contribution is -0.115. The van der Waals surface area contributed by atoms with Crippen molar-refractivity contribution in [1.82, 2.24) is 5.32 Å². The summed E-state index contributed by atoms with van der Waals surface area (Å²) >= 11 is 0. The lowest BCUT2D eigenvalue weighted by Gasteiger charge is -2.26. The van der Waals surface area contributed by atoms with Crippen molar-refractivity contribution in [3.8, 4) is 0 Å². The van der Waals surface area contributed by atoms with Gasteiger partial charge in [0.2, 0.25) is 5.91 Å². The first kappa shape index (κ1) is 15.0. The summed E-state index contributed by atoms with van der Waals surface area (Å²) in [6.45, 7) is 5.74. The zero-order chi connectivity index (χ0) is 14.4. The van der Waals surface area contributed by atoms with Crippen LogP contribution in [0.4, 0.5) is 5.69 Å². The second-order valence-electron chi connectivity index (χ2n) is 6.17. The fraction of sp³-hybridized carbons (Fsp3) is 0.588. The van der Waals surface area contributed by atoms with E-state index in [0.29, 0.717) is 6.54 Å². The van der Waals surface area contributed by atoms with Crippen LogP contribution in [-0.4, -0.2) is 19.0 Å². The fourth-order valence-electron chi connectivity index (χ4n) is 2.77. The van der Waals surface area contributed by atoms with Crippen molar-refractivity contribution < 1.29 is 4.79 Å². The molecule has 0 heterocycles. The number of amides is 1. The summed E-state index contributed by atoms with van der Waals surface area (Å²) in [6.07, 6.45) is 5.27. The van der Waals surface area contributed by atoms with Crippen LogP contribution < -0.4 is 10.6 Å². The molecule has 1 aliphatic rings. The Hall–Kier alpha value is -1.35. The lowest BCUT2D eigenvalue weighted by Crippen LogP contribution is -2.33. The Morgan fingerprint density at radius 1 is 1.15 bits per heavy atom. The smallest absolute Gasteiger partial charge is 0.238 e. The standard InChI is InChI=1S/C17H26N2O/c1-13-3-7-15(8-4-13)11-18-12-17(20)19-16-9-5-14(2)6-10-16/h5-6,9-10,13,15,18H,3-4,7-8,11-12H2,1-2H3,(H,19,20). The summed E-state index contributed by atoms with van der Waals surface area (Å²) in [7, 11) is 0. The van der Waals surface area contributed by atoms with Gasteiger partial charge >= 0.3 is 0 Å². The van der Waals surface area contributed by atoms with E-state index in [2.05, 4.69) is 17.6 Å². The first-order valence-corrected chi connectivity index (χ1v) is 7.70. The zero-order valence-electron chi connectivity index (χ0n) is 12.6. The van der Waals surface area contributed by atoms with E-state index in [4.69, 9.17) is 0 Å². The van der Waals surface area contributed by atoms with Gasteiger partial charge in [-0.25, -0.2) is 0 Å². The van der Waals surface area contributed by atoms with Crippen molar-refractivity contribution in [1.29, 1.82) is 0 Å². The second kappa shape index (κ2) is 7.44. The molecule has 0 spiro atoms. The third-order valence-corrected chi connectivity index (χ3v) is 4.19. The molecule has 110 valence electrons. The summed E-state index contributed by atoms with van der Waals surface area (Å²) in [6, 6.07) is 7.89. The molecule has 0 unspecified atom stereocenters. The Labute approximate surface area is 122 Å². The molecule has 1 aliphatic carbocycles. The molecule has 3 nitrogen and oxygen atoms in total.